The Kier molecular flexibility index (Phi) is 33.9. The van der Waals surface area contributed by atoms with E-state index in [0.29, 0.717) is 60.2 Å². The molecule has 2 aliphatic rings. The molecule has 0 amide bonds. The van der Waals surface area contributed by atoms with Gasteiger partial charge in [-0.05, 0) is 159 Å². The molecule has 5 atom stereocenters. The first kappa shape index (κ1) is 73.3. The number of unbranched alkanes of at least 4 members (excludes halogenated alkanes) is 6. The maximum absolute atomic E-state index is 15.1. The molecule has 488 valence electrons. The summed E-state index contributed by atoms with van der Waals surface area (Å²) in [6, 6.07) is 40.1. The van der Waals surface area contributed by atoms with Crippen molar-refractivity contribution in [1.29, 1.82) is 0 Å². The van der Waals surface area contributed by atoms with Crippen molar-refractivity contribution in [2.75, 3.05) is 53.9 Å². The van der Waals surface area contributed by atoms with Crippen LogP contribution in [0.5, 0.6) is 23.0 Å². The number of benzene rings is 6. The van der Waals surface area contributed by atoms with Crippen LogP contribution in [0.1, 0.15) is 96.4 Å². The van der Waals surface area contributed by atoms with Crippen LogP contribution in [-0.2, 0) is 52.6 Å². The maximum Gasteiger partial charge on any atom is 0.330 e. The van der Waals surface area contributed by atoms with Crippen LogP contribution in [0.3, 0.4) is 0 Å². The Morgan fingerprint density at radius 1 is 0.576 bits per heavy atom. The first-order valence-corrected chi connectivity index (χ1v) is 29.6. The van der Waals surface area contributed by atoms with Crippen molar-refractivity contribution in [1.82, 2.24) is 0 Å². The van der Waals surface area contributed by atoms with E-state index in [0.717, 1.165) is 75.4 Å². The number of fused-ring (bicyclic) bond motifs is 1. The fourth-order valence-corrected chi connectivity index (χ4v) is 8.84. The van der Waals surface area contributed by atoms with E-state index in [4.69, 9.17) is 42.7 Å². The zero-order chi connectivity index (χ0) is 66.1. The second-order valence-corrected chi connectivity index (χ2v) is 20.2. The molecule has 0 aromatic heterocycles. The van der Waals surface area contributed by atoms with Crippen LogP contribution in [0.4, 0.5) is 8.78 Å². The molecule has 92 heavy (non-hydrogen) atoms. The molecule has 0 aliphatic carbocycles. The van der Waals surface area contributed by atoms with Crippen molar-refractivity contribution in [2.45, 2.75) is 82.7 Å². The number of hydrogen-bond acceptors (Lipinski definition) is 20. The third kappa shape index (κ3) is 26.2. The van der Waals surface area contributed by atoms with E-state index in [9.17, 15) is 24.0 Å². The Bertz CT molecular complexity index is 3300. The number of methoxy groups -OCH3 is 1. The van der Waals surface area contributed by atoms with Gasteiger partial charge in [0.1, 0.15) is 60.2 Å². The predicted octanol–water partition coefficient (Wildman–Crippen LogP) is 12.6. The first-order chi connectivity index (χ1) is 44.9. The quantitative estimate of drug-likeness (QED) is 0.00785. The lowest BCUT2D eigenvalue weighted by Gasteiger charge is -2.16. The van der Waals surface area contributed by atoms with Crippen LogP contribution in [0.25, 0.3) is 0 Å². The molecule has 6 aromatic carbocycles. The van der Waals surface area contributed by atoms with Gasteiger partial charge in [-0.1, -0.05) is 85.5 Å². The van der Waals surface area contributed by atoms with Crippen LogP contribution in [0, 0.1) is 24.5 Å². The van der Waals surface area contributed by atoms with Gasteiger partial charge in [-0.15, -0.1) is 0 Å². The fourth-order valence-electron chi connectivity index (χ4n) is 8.84. The average molecular weight is 1270 g/mol. The van der Waals surface area contributed by atoms with Crippen molar-refractivity contribution in [2.24, 2.45) is 26.3 Å². The topological polar surface area (TPSA) is 239 Å². The van der Waals surface area contributed by atoms with Gasteiger partial charge in [-0.2, -0.15) is 25.3 Å². The summed E-state index contributed by atoms with van der Waals surface area (Å²) in [6.45, 7) is 13.4. The number of esters is 3. The Balaban J connectivity index is 0.000000305. The molecule has 2 fully saturated rings. The minimum Gasteiger partial charge on any atom is -0.494 e. The van der Waals surface area contributed by atoms with Crippen molar-refractivity contribution in [3.05, 3.63) is 215 Å². The molecular weight excluding hydrogens is 1190 g/mol. The van der Waals surface area contributed by atoms with E-state index in [1.807, 2.05) is 68.3 Å². The summed E-state index contributed by atoms with van der Waals surface area (Å²) in [4.78, 5) is 56.2. The maximum atomic E-state index is 15.1. The van der Waals surface area contributed by atoms with Crippen molar-refractivity contribution in [3.8, 4) is 23.0 Å². The Morgan fingerprint density at radius 2 is 1.05 bits per heavy atom. The minimum atomic E-state index is -1.05. The standard InChI is InChI=1S/C38H41FN2O10.C16H15FN2O2.C15H20O3.CH2O/c1-3-34(42)47-19-7-5-4-6-18-46-28-15-11-27(12-16-28)35(51-44)30-17-10-26(20-32(30)39)22-41-40-21-25-8-13-29(14-9-25)50-38(43)31-23-48-37-33(45-2)24-49-36(31)37;1-12-3-5-13(6-4-12)10-18-19-11-14-7-8-16(21-20-2)15(17)9-14;1-2-15(16)18-13-9-4-3-8-12-17-14-10-6-5-7-11-14;1-2/h3,8-17,20-22,31,33,35-37,44H,1,4-7,18-19,23-24H2,2H3;3-11H,1-2H3;2,5-7,10-11H,1,3-4,8-9,12-13H2;1H2/b40-21+,41-22+;18-10+,19-11+;;. The summed E-state index contributed by atoms with van der Waals surface area (Å²) in [5.74, 6) is -0.879. The lowest BCUT2D eigenvalue weighted by atomic mass is 9.99. The number of rotatable bonds is 32. The summed E-state index contributed by atoms with van der Waals surface area (Å²) in [5.41, 5.74) is 4.56. The zero-order valence-electron chi connectivity index (χ0n) is 51.8. The van der Waals surface area contributed by atoms with Gasteiger partial charge in [-0.3, -0.25) is 10.1 Å². The lowest BCUT2D eigenvalue weighted by molar-refractivity contribution is -0.271. The number of aryl methyl sites for hydroxylation is 1. The Labute approximate surface area is 534 Å². The molecule has 2 saturated heterocycles. The van der Waals surface area contributed by atoms with Crippen LogP contribution < -0.4 is 19.1 Å². The van der Waals surface area contributed by atoms with Gasteiger partial charge in [0.25, 0.3) is 0 Å². The molecule has 5 unspecified atom stereocenters. The summed E-state index contributed by atoms with van der Waals surface area (Å²) in [7, 11) is 2.90. The summed E-state index contributed by atoms with van der Waals surface area (Å²) >= 11 is 0. The van der Waals surface area contributed by atoms with Gasteiger partial charge in [0.05, 0.1) is 71.6 Å². The molecule has 22 heteroatoms. The van der Waals surface area contributed by atoms with Crippen LogP contribution in [0.2, 0.25) is 0 Å². The Morgan fingerprint density at radius 3 is 1.57 bits per heavy atom. The number of carbonyl (C=O) groups excluding carboxylic acids is 4. The smallest absolute Gasteiger partial charge is 0.330 e. The van der Waals surface area contributed by atoms with Gasteiger partial charge in [0, 0.05) is 24.8 Å². The molecule has 8 rings (SSSR count). The number of halogens is 2. The van der Waals surface area contributed by atoms with Crippen molar-refractivity contribution >= 4 is 49.6 Å². The molecule has 0 bridgehead atoms. The van der Waals surface area contributed by atoms with E-state index in [-0.39, 0.29) is 42.2 Å². The van der Waals surface area contributed by atoms with Crippen LogP contribution in [0.15, 0.2) is 185 Å². The fraction of sp³-hybridized carbons (Fsp3) is 0.314. The SMILES string of the molecule is C=CC(=O)OCCCCCCOc1ccc(C(OO)c2ccc(/C=N/N=C/c3ccc(OC(=O)C4COC5C(OC)COC45)cc3)cc2F)cc1.C=CC(=O)OCCCCCCOc1ccccc1.C=O.COOc1ccc(/C=N/N=C/c2ccc(C)cc2)cc1F. The normalized spacial score (nSPS) is 15.8. The molecule has 0 radical (unpaired) electrons. The van der Waals surface area contributed by atoms with Gasteiger partial charge < -0.3 is 47.6 Å². The molecule has 20 nitrogen and oxygen atoms in total. The first-order valence-electron chi connectivity index (χ1n) is 29.6. The minimum absolute atomic E-state index is 0.0257. The average Bonchev–Trinajstić information content (AvgIpc) is 1.63. The Hall–Kier alpha value is -9.42. The second kappa shape index (κ2) is 42.5. The van der Waals surface area contributed by atoms with E-state index in [1.165, 1.54) is 61.7 Å². The van der Waals surface area contributed by atoms with Crippen molar-refractivity contribution < 1.29 is 85.8 Å². The van der Waals surface area contributed by atoms with Gasteiger partial charge in [-0.25, -0.2) is 23.3 Å². The molecular formula is C70H78F2N4O16. The number of ether oxygens (including phenoxy) is 8. The number of para-hydroxylation sites is 1. The third-order valence-electron chi connectivity index (χ3n) is 13.7. The molecule has 0 saturated carbocycles. The highest BCUT2D eigenvalue weighted by atomic mass is 19.1. The zero-order valence-corrected chi connectivity index (χ0v) is 51.8. The van der Waals surface area contributed by atoms with E-state index in [2.05, 4.69) is 48.2 Å². The molecule has 1 N–H and O–H groups in total. The summed E-state index contributed by atoms with van der Waals surface area (Å²) in [6.07, 6.45) is 13.9. The van der Waals surface area contributed by atoms with Crippen LogP contribution in [-0.4, -0.2) is 127 Å². The highest BCUT2D eigenvalue weighted by Gasteiger charge is 2.51. The monoisotopic (exact) mass is 1270 g/mol. The molecule has 6 aromatic rings. The highest BCUT2D eigenvalue weighted by Crippen LogP contribution is 2.34. The van der Waals surface area contributed by atoms with Gasteiger partial charge in [0.2, 0.25) is 5.75 Å². The summed E-state index contributed by atoms with van der Waals surface area (Å²) in [5, 5.41) is 25.5. The number of hydrogen-bond donors (Lipinski definition) is 1. The van der Waals surface area contributed by atoms with E-state index >= 15 is 4.39 Å². The van der Waals surface area contributed by atoms with E-state index in [1.54, 1.807) is 74.0 Å². The van der Waals surface area contributed by atoms with Gasteiger partial charge in [0.15, 0.2) is 5.82 Å². The third-order valence-corrected chi connectivity index (χ3v) is 13.7. The molecule has 2 heterocycles. The summed E-state index contributed by atoms with van der Waals surface area (Å²) < 4.78 is 72.1. The van der Waals surface area contributed by atoms with Gasteiger partial charge >= 0.3 is 17.9 Å². The molecule has 2 aliphatic heterocycles. The largest absolute Gasteiger partial charge is 0.494 e. The second-order valence-electron chi connectivity index (χ2n) is 20.2. The highest BCUT2D eigenvalue weighted by molar-refractivity contribution is 5.84. The number of nitrogens with zero attached hydrogens (tertiary/aromatic N) is 4. The van der Waals surface area contributed by atoms with E-state index < -0.39 is 35.6 Å². The van der Waals surface area contributed by atoms with Crippen molar-refractivity contribution in [3.63, 3.8) is 0 Å². The predicted molar refractivity (Wildman–Crippen MR) is 344 cm³/mol. The molecule has 0 spiro atoms. The number of carbonyl (C=O) groups is 4. The van der Waals surface area contributed by atoms with Crippen LogP contribution >= 0.6 is 0 Å². The lowest BCUT2D eigenvalue weighted by Crippen LogP contribution is -2.34.